The summed E-state index contributed by atoms with van der Waals surface area (Å²) in [4.78, 5) is 36.2. The van der Waals surface area contributed by atoms with E-state index >= 15 is 0 Å². The minimum Gasteiger partial charge on any atom is -0.490 e. The zero-order valence-electron chi connectivity index (χ0n) is 19.3. The first-order valence-electron chi connectivity index (χ1n) is 11.6. The third-order valence-corrected chi connectivity index (χ3v) is 6.70. The standard InChI is InChI=1S/C25H25N5O4S/c1-2-33-20-14-17(6-7-19(20)34-16-22(31)29-12-4-3-5-13-29)15-21-24(32)30-25(35-21)27-23(28-30)18-8-10-26-11-9-18/h6-11,14-15H,2-5,12-13,16H2,1H3/b21-15-. The van der Waals surface area contributed by atoms with Crippen molar-refractivity contribution in [1.29, 1.82) is 0 Å². The first-order chi connectivity index (χ1) is 17.1. The van der Waals surface area contributed by atoms with Gasteiger partial charge < -0.3 is 14.4 Å². The molecule has 0 aliphatic carbocycles. The van der Waals surface area contributed by atoms with Gasteiger partial charge in [-0.25, -0.2) is 0 Å². The average molecular weight is 492 g/mol. The summed E-state index contributed by atoms with van der Waals surface area (Å²) >= 11 is 1.27. The van der Waals surface area contributed by atoms with E-state index in [0.717, 1.165) is 37.1 Å². The lowest BCUT2D eigenvalue weighted by atomic mass is 10.1. The van der Waals surface area contributed by atoms with Crippen LogP contribution in [0.2, 0.25) is 0 Å². The molecule has 4 heterocycles. The second kappa shape index (κ2) is 10.2. The van der Waals surface area contributed by atoms with Gasteiger partial charge in [0.15, 0.2) is 23.9 Å². The summed E-state index contributed by atoms with van der Waals surface area (Å²) < 4.78 is 13.4. The van der Waals surface area contributed by atoms with E-state index in [4.69, 9.17) is 9.47 Å². The number of amides is 1. The number of piperidine rings is 1. The van der Waals surface area contributed by atoms with Crippen LogP contribution in [0.15, 0.2) is 47.5 Å². The molecule has 1 amide bonds. The number of thiazole rings is 1. The Morgan fingerprint density at radius 1 is 1.09 bits per heavy atom. The highest BCUT2D eigenvalue weighted by Crippen LogP contribution is 2.29. The molecule has 35 heavy (non-hydrogen) atoms. The number of carbonyl (C=O) groups is 1. The van der Waals surface area contributed by atoms with Crippen molar-refractivity contribution in [2.24, 2.45) is 0 Å². The fraction of sp³-hybridized carbons (Fsp3) is 0.320. The van der Waals surface area contributed by atoms with E-state index in [1.54, 1.807) is 36.7 Å². The third kappa shape index (κ3) is 5.02. The van der Waals surface area contributed by atoms with Crippen molar-refractivity contribution in [1.82, 2.24) is 24.5 Å². The van der Waals surface area contributed by atoms with E-state index in [2.05, 4.69) is 15.1 Å². The molecule has 10 heteroatoms. The number of benzene rings is 1. The molecule has 1 fully saturated rings. The first kappa shape index (κ1) is 23.0. The molecule has 180 valence electrons. The highest BCUT2D eigenvalue weighted by Gasteiger charge is 2.18. The summed E-state index contributed by atoms with van der Waals surface area (Å²) in [6.45, 7) is 3.88. The van der Waals surface area contributed by atoms with Crippen molar-refractivity contribution in [3.8, 4) is 22.9 Å². The van der Waals surface area contributed by atoms with Gasteiger partial charge in [0.25, 0.3) is 11.5 Å². The largest absolute Gasteiger partial charge is 0.490 e. The van der Waals surface area contributed by atoms with E-state index in [1.165, 1.54) is 22.3 Å². The molecule has 1 saturated heterocycles. The Morgan fingerprint density at radius 3 is 2.63 bits per heavy atom. The number of rotatable bonds is 7. The summed E-state index contributed by atoms with van der Waals surface area (Å²) in [6, 6.07) is 9.01. The van der Waals surface area contributed by atoms with Crippen LogP contribution < -0.4 is 19.6 Å². The van der Waals surface area contributed by atoms with Gasteiger partial charge in [-0.3, -0.25) is 14.6 Å². The van der Waals surface area contributed by atoms with Crippen LogP contribution in [0.4, 0.5) is 0 Å². The summed E-state index contributed by atoms with van der Waals surface area (Å²) in [6.07, 6.45) is 8.34. The van der Waals surface area contributed by atoms with E-state index in [0.29, 0.717) is 33.4 Å². The van der Waals surface area contributed by atoms with Gasteiger partial charge in [-0.15, -0.1) is 5.10 Å². The third-order valence-electron chi connectivity index (χ3n) is 5.75. The normalized spacial score (nSPS) is 14.4. The monoisotopic (exact) mass is 491 g/mol. The summed E-state index contributed by atoms with van der Waals surface area (Å²) in [5.74, 6) is 1.50. The van der Waals surface area contributed by atoms with E-state index < -0.39 is 0 Å². The number of nitrogens with zero attached hydrogens (tertiary/aromatic N) is 5. The topological polar surface area (TPSA) is 98.9 Å². The lowest BCUT2D eigenvalue weighted by Crippen LogP contribution is -2.38. The van der Waals surface area contributed by atoms with Crippen LogP contribution in [0.25, 0.3) is 22.4 Å². The molecule has 1 aliphatic rings. The fourth-order valence-corrected chi connectivity index (χ4v) is 4.89. The number of likely N-dealkylation sites (tertiary alicyclic amines) is 1. The number of carbonyl (C=O) groups excluding carboxylic acids is 1. The maximum atomic E-state index is 12.9. The Kier molecular flexibility index (Phi) is 6.71. The van der Waals surface area contributed by atoms with Crippen molar-refractivity contribution in [3.63, 3.8) is 0 Å². The average Bonchev–Trinajstić information content (AvgIpc) is 3.44. The second-order valence-corrected chi connectivity index (χ2v) is 9.16. The van der Waals surface area contributed by atoms with Crippen LogP contribution in [-0.2, 0) is 4.79 Å². The van der Waals surface area contributed by atoms with Gasteiger partial charge in [-0.05, 0) is 62.1 Å². The lowest BCUT2D eigenvalue weighted by molar-refractivity contribution is -0.134. The van der Waals surface area contributed by atoms with Crippen LogP contribution >= 0.6 is 11.3 Å². The van der Waals surface area contributed by atoms with Gasteiger partial charge in [-0.1, -0.05) is 17.4 Å². The van der Waals surface area contributed by atoms with Crippen LogP contribution in [-0.4, -0.2) is 56.7 Å². The molecule has 0 saturated carbocycles. The molecule has 9 nitrogen and oxygen atoms in total. The predicted molar refractivity (Wildman–Crippen MR) is 133 cm³/mol. The van der Waals surface area contributed by atoms with Crippen molar-refractivity contribution < 1.29 is 14.3 Å². The van der Waals surface area contributed by atoms with Gasteiger partial charge in [0.1, 0.15) is 0 Å². The van der Waals surface area contributed by atoms with E-state index in [1.807, 2.05) is 24.0 Å². The fourth-order valence-electron chi connectivity index (χ4n) is 3.98. The minimum atomic E-state index is -0.233. The van der Waals surface area contributed by atoms with Gasteiger partial charge in [0, 0.05) is 31.0 Å². The first-order valence-corrected chi connectivity index (χ1v) is 12.4. The molecule has 0 spiro atoms. The van der Waals surface area contributed by atoms with Gasteiger partial charge in [0.2, 0.25) is 4.96 Å². The molecular formula is C25H25N5O4S. The predicted octanol–water partition coefficient (Wildman–Crippen LogP) is 2.55. The molecule has 0 N–H and O–H groups in total. The Hall–Kier alpha value is -3.79. The quantitative estimate of drug-likeness (QED) is 0.392. The highest BCUT2D eigenvalue weighted by atomic mass is 32.1. The SMILES string of the molecule is CCOc1cc(/C=c2\sc3nc(-c4ccncc4)nn3c2=O)ccc1OCC(=O)N1CCCCC1. The highest BCUT2D eigenvalue weighted by molar-refractivity contribution is 7.15. The molecule has 5 rings (SSSR count). The molecular weight excluding hydrogens is 466 g/mol. The molecule has 0 unspecified atom stereocenters. The van der Waals surface area contributed by atoms with Gasteiger partial charge in [-0.2, -0.15) is 9.50 Å². The summed E-state index contributed by atoms with van der Waals surface area (Å²) in [7, 11) is 0. The van der Waals surface area contributed by atoms with Crippen LogP contribution in [0.3, 0.4) is 0 Å². The molecule has 3 aromatic heterocycles. The van der Waals surface area contributed by atoms with Gasteiger partial charge in [0.05, 0.1) is 11.1 Å². The summed E-state index contributed by atoms with van der Waals surface area (Å²) in [5.41, 5.74) is 1.35. The second-order valence-electron chi connectivity index (χ2n) is 8.15. The van der Waals surface area contributed by atoms with E-state index in [-0.39, 0.29) is 18.1 Å². The Labute approximate surface area is 205 Å². The van der Waals surface area contributed by atoms with Crippen LogP contribution in [0, 0.1) is 0 Å². The van der Waals surface area contributed by atoms with Crippen molar-refractivity contribution >= 4 is 28.3 Å². The zero-order valence-corrected chi connectivity index (χ0v) is 20.2. The van der Waals surface area contributed by atoms with Crippen LogP contribution in [0.1, 0.15) is 31.7 Å². The zero-order chi connectivity index (χ0) is 24.2. The molecule has 1 aliphatic heterocycles. The smallest absolute Gasteiger partial charge is 0.291 e. The van der Waals surface area contributed by atoms with Crippen molar-refractivity contribution in [3.05, 3.63) is 63.2 Å². The van der Waals surface area contributed by atoms with E-state index in [9.17, 15) is 9.59 Å². The molecule has 0 radical (unpaired) electrons. The number of pyridine rings is 1. The number of hydrogen-bond acceptors (Lipinski definition) is 8. The summed E-state index contributed by atoms with van der Waals surface area (Å²) in [5, 5.41) is 4.36. The number of ether oxygens (including phenoxy) is 2. The van der Waals surface area contributed by atoms with Crippen molar-refractivity contribution in [2.75, 3.05) is 26.3 Å². The molecule has 1 aromatic carbocycles. The molecule has 0 atom stereocenters. The Balaban J connectivity index is 1.37. The maximum Gasteiger partial charge on any atom is 0.291 e. The molecule has 0 bridgehead atoms. The van der Waals surface area contributed by atoms with Crippen LogP contribution in [0.5, 0.6) is 11.5 Å². The minimum absolute atomic E-state index is 0.0145. The maximum absolute atomic E-state index is 12.9. The number of aromatic nitrogens is 4. The van der Waals surface area contributed by atoms with Gasteiger partial charge >= 0.3 is 0 Å². The Bertz CT molecular complexity index is 1440. The number of hydrogen-bond donors (Lipinski definition) is 0. The van der Waals surface area contributed by atoms with Crippen molar-refractivity contribution in [2.45, 2.75) is 26.2 Å². The number of fused-ring (bicyclic) bond motifs is 1. The lowest BCUT2D eigenvalue weighted by Gasteiger charge is -2.26. The molecule has 4 aromatic rings. The Morgan fingerprint density at radius 2 is 1.89 bits per heavy atom.